The summed E-state index contributed by atoms with van der Waals surface area (Å²) < 4.78 is 2.30. The van der Waals surface area contributed by atoms with Crippen molar-refractivity contribution in [2.24, 2.45) is 0 Å². The monoisotopic (exact) mass is 478 g/mol. The highest BCUT2D eigenvalue weighted by Gasteiger charge is 1.97. The molecule has 0 unspecified atom stereocenters. The van der Waals surface area contributed by atoms with Gasteiger partial charge in [-0.3, -0.25) is 0 Å². The molecule has 0 bridgehead atoms. The molecule has 0 spiro atoms. The van der Waals surface area contributed by atoms with Crippen molar-refractivity contribution in [1.29, 1.82) is 0 Å². The standard InChI is InChI=1S/C22H24Br2S/c1-17(13-19-5-3-7-21(23)15-19)9-11-25-12-10-18(2)14-20-6-4-8-22(24)16-20/h3-10,15-16H,11-14H2,1-2H3. The summed E-state index contributed by atoms with van der Waals surface area (Å²) in [6, 6.07) is 17.1. The molecule has 132 valence electrons. The van der Waals surface area contributed by atoms with Crippen LogP contribution in [0.4, 0.5) is 0 Å². The topological polar surface area (TPSA) is 0 Å². The van der Waals surface area contributed by atoms with Crippen LogP contribution in [0.25, 0.3) is 0 Å². The number of benzene rings is 2. The lowest BCUT2D eigenvalue weighted by Crippen LogP contribution is -1.89. The molecule has 2 rings (SSSR count). The summed E-state index contributed by atoms with van der Waals surface area (Å²) in [7, 11) is 0. The van der Waals surface area contributed by atoms with Crippen LogP contribution in [0.3, 0.4) is 0 Å². The first-order valence-corrected chi connectivity index (χ1v) is 11.1. The summed E-state index contributed by atoms with van der Waals surface area (Å²) in [5.74, 6) is 2.14. The summed E-state index contributed by atoms with van der Waals surface area (Å²) in [4.78, 5) is 0. The van der Waals surface area contributed by atoms with Crippen LogP contribution in [0.15, 0.2) is 80.8 Å². The predicted octanol–water partition coefficient (Wildman–Crippen LogP) is 7.62. The fourth-order valence-corrected chi connectivity index (χ4v) is 4.39. The molecule has 0 aliphatic carbocycles. The van der Waals surface area contributed by atoms with Gasteiger partial charge in [-0.1, -0.05) is 79.4 Å². The third-order valence-corrected chi connectivity index (χ3v) is 5.63. The Bertz CT molecular complexity index is 684. The molecule has 0 nitrogen and oxygen atoms in total. The first-order chi connectivity index (χ1) is 12.0. The largest absolute Gasteiger partial charge is 0.154 e. The summed E-state index contributed by atoms with van der Waals surface area (Å²) >= 11 is 9.03. The average Bonchev–Trinajstić information content (AvgIpc) is 2.54. The highest BCUT2D eigenvalue weighted by molar-refractivity contribution is 9.10. The Morgan fingerprint density at radius 1 is 0.800 bits per heavy atom. The smallest absolute Gasteiger partial charge is 0.0178 e. The van der Waals surface area contributed by atoms with Crippen LogP contribution in [0.5, 0.6) is 0 Å². The second-order valence-electron chi connectivity index (χ2n) is 6.25. The number of hydrogen-bond donors (Lipinski definition) is 0. The quantitative estimate of drug-likeness (QED) is 0.277. The van der Waals surface area contributed by atoms with Crippen molar-refractivity contribution >= 4 is 43.6 Å². The molecule has 0 N–H and O–H groups in total. The number of thioether (sulfide) groups is 1. The maximum atomic E-state index is 3.53. The fourth-order valence-electron chi connectivity index (χ4n) is 2.55. The van der Waals surface area contributed by atoms with Crippen molar-refractivity contribution in [2.75, 3.05) is 11.5 Å². The van der Waals surface area contributed by atoms with E-state index < -0.39 is 0 Å². The molecule has 0 saturated heterocycles. The van der Waals surface area contributed by atoms with Crippen molar-refractivity contribution in [3.8, 4) is 0 Å². The Labute approximate surface area is 173 Å². The first-order valence-electron chi connectivity index (χ1n) is 8.41. The number of halogens is 2. The van der Waals surface area contributed by atoms with Gasteiger partial charge < -0.3 is 0 Å². The molecule has 0 heterocycles. The van der Waals surface area contributed by atoms with Crippen molar-refractivity contribution in [2.45, 2.75) is 26.7 Å². The van der Waals surface area contributed by atoms with Gasteiger partial charge in [-0.2, -0.15) is 11.8 Å². The molecular weight excluding hydrogens is 456 g/mol. The molecule has 0 aromatic heterocycles. The van der Waals surface area contributed by atoms with Crippen molar-refractivity contribution < 1.29 is 0 Å². The minimum absolute atomic E-state index is 1.03. The molecule has 3 heteroatoms. The van der Waals surface area contributed by atoms with E-state index in [4.69, 9.17) is 0 Å². The zero-order valence-corrected chi connectivity index (χ0v) is 18.8. The van der Waals surface area contributed by atoms with Crippen LogP contribution >= 0.6 is 43.6 Å². The van der Waals surface area contributed by atoms with Gasteiger partial charge in [-0.15, -0.1) is 0 Å². The first kappa shape index (κ1) is 20.5. The van der Waals surface area contributed by atoms with E-state index in [0.717, 1.165) is 33.3 Å². The molecule has 25 heavy (non-hydrogen) atoms. The van der Waals surface area contributed by atoms with Gasteiger partial charge in [0.25, 0.3) is 0 Å². The molecule has 0 aliphatic rings. The average molecular weight is 480 g/mol. The number of hydrogen-bond acceptors (Lipinski definition) is 1. The highest BCUT2D eigenvalue weighted by atomic mass is 79.9. The molecule has 0 amide bonds. The molecule has 0 atom stereocenters. The summed E-state index contributed by atoms with van der Waals surface area (Å²) in [5.41, 5.74) is 5.58. The Kier molecular flexibility index (Phi) is 9.08. The van der Waals surface area contributed by atoms with Crippen LogP contribution in [0, 0.1) is 0 Å². The van der Waals surface area contributed by atoms with Gasteiger partial charge in [-0.25, -0.2) is 0 Å². The zero-order valence-electron chi connectivity index (χ0n) is 14.8. The molecular formula is C22H24Br2S. The third-order valence-electron chi connectivity index (χ3n) is 3.84. The van der Waals surface area contributed by atoms with E-state index in [1.165, 1.54) is 22.3 Å². The predicted molar refractivity (Wildman–Crippen MR) is 121 cm³/mol. The molecule has 2 aromatic rings. The van der Waals surface area contributed by atoms with Crippen molar-refractivity contribution in [1.82, 2.24) is 0 Å². The summed E-state index contributed by atoms with van der Waals surface area (Å²) in [6.07, 6.45) is 6.75. The minimum atomic E-state index is 1.03. The second-order valence-corrected chi connectivity index (χ2v) is 9.16. The second kappa shape index (κ2) is 11.1. The van der Waals surface area contributed by atoms with E-state index in [1.807, 2.05) is 11.8 Å². The fraction of sp³-hybridized carbons (Fsp3) is 0.273. The summed E-state index contributed by atoms with van der Waals surface area (Å²) in [6.45, 7) is 4.44. The lowest BCUT2D eigenvalue weighted by atomic mass is 10.1. The lowest BCUT2D eigenvalue weighted by molar-refractivity contribution is 1.13. The van der Waals surface area contributed by atoms with Crippen molar-refractivity contribution in [3.05, 3.63) is 91.9 Å². The maximum absolute atomic E-state index is 3.53. The Morgan fingerprint density at radius 2 is 1.24 bits per heavy atom. The van der Waals surface area contributed by atoms with Gasteiger partial charge in [-0.05, 0) is 62.1 Å². The van der Waals surface area contributed by atoms with E-state index in [2.05, 4.69) is 106 Å². The maximum Gasteiger partial charge on any atom is 0.0178 e. The Hall–Kier alpha value is -0.770. The SMILES string of the molecule is CC(=CCSCC=C(C)Cc1cccc(Br)c1)Cc1cccc(Br)c1. The molecule has 0 aliphatic heterocycles. The molecule has 2 aromatic carbocycles. The Morgan fingerprint density at radius 3 is 1.64 bits per heavy atom. The van der Waals surface area contributed by atoms with Crippen LogP contribution in [-0.2, 0) is 12.8 Å². The van der Waals surface area contributed by atoms with Crippen LogP contribution in [0.1, 0.15) is 25.0 Å². The Balaban J connectivity index is 1.72. The molecule has 0 fully saturated rings. The number of rotatable bonds is 8. The summed E-state index contributed by atoms with van der Waals surface area (Å²) in [5, 5.41) is 0. The molecule has 0 radical (unpaired) electrons. The minimum Gasteiger partial charge on any atom is -0.154 e. The van der Waals surface area contributed by atoms with Gasteiger partial charge in [0.2, 0.25) is 0 Å². The van der Waals surface area contributed by atoms with Gasteiger partial charge in [0.1, 0.15) is 0 Å². The van der Waals surface area contributed by atoms with E-state index >= 15 is 0 Å². The van der Waals surface area contributed by atoms with Crippen LogP contribution in [-0.4, -0.2) is 11.5 Å². The van der Waals surface area contributed by atoms with E-state index in [-0.39, 0.29) is 0 Å². The lowest BCUT2D eigenvalue weighted by Gasteiger charge is -2.04. The third kappa shape index (κ3) is 8.44. The van der Waals surface area contributed by atoms with Gasteiger partial charge in [0.05, 0.1) is 0 Å². The van der Waals surface area contributed by atoms with E-state index in [9.17, 15) is 0 Å². The highest BCUT2D eigenvalue weighted by Crippen LogP contribution is 2.17. The number of allylic oxidation sites excluding steroid dienone is 2. The van der Waals surface area contributed by atoms with E-state index in [1.54, 1.807) is 0 Å². The van der Waals surface area contributed by atoms with Gasteiger partial charge in [0, 0.05) is 20.5 Å². The van der Waals surface area contributed by atoms with E-state index in [0.29, 0.717) is 0 Å². The van der Waals surface area contributed by atoms with Crippen LogP contribution < -0.4 is 0 Å². The molecule has 0 saturated carbocycles. The van der Waals surface area contributed by atoms with Gasteiger partial charge in [0.15, 0.2) is 0 Å². The van der Waals surface area contributed by atoms with Crippen LogP contribution in [0.2, 0.25) is 0 Å². The van der Waals surface area contributed by atoms with Crippen molar-refractivity contribution in [3.63, 3.8) is 0 Å². The normalized spacial score (nSPS) is 12.5. The van der Waals surface area contributed by atoms with Gasteiger partial charge >= 0.3 is 0 Å². The zero-order chi connectivity index (χ0) is 18.1.